The summed E-state index contributed by atoms with van der Waals surface area (Å²) in [7, 11) is 1.66. The van der Waals surface area contributed by atoms with Crippen molar-refractivity contribution < 1.29 is 14.3 Å². The Morgan fingerprint density at radius 3 is 2.48 bits per heavy atom. The van der Waals surface area contributed by atoms with Crippen LogP contribution in [0, 0.1) is 0 Å². The third-order valence-electron chi connectivity index (χ3n) is 3.21. The summed E-state index contributed by atoms with van der Waals surface area (Å²) in [6.45, 7) is 1.39. The van der Waals surface area contributed by atoms with Gasteiger partial charge in [-0.3, -0.25) is 9.59 Å². The van der Waals surface area contributed by atoms with Gasteiger partial charge in [0.1, 0.15) is 0 Å². The Kier molecular flexibility index (Phi) is 6.77. The van der Waals surface area contributed by atoms with Gasteiger partial charge in [0.15, 0.2) is 0 Å². The van der Waals surface area contributed by atoms with Gasteiger partial charge >= 0.3 is 0 Å². The molecule has 2 rings (SSSR count). The fourth-order valence-electron chi connectivity index (χ4n) is 1.99. The van der Waals surface area contributed by atoms with E-state index in [-0.39, 0.29) is 18.2 Å². The maximum absolute atomic E-state index is 11.8. The van der Waals surface area contributed by atoms with Crippen molar-refractivity contribution in [3.8, 4) is 0 Å². The number of hydrogen-bond acceptors (Lipinski definition) is 4. The molecule has 0 saturated carbocycles. The van der Waals surface area contributed by atoms with Crippen LogP contribution < -0.4 is 10.6 Å². The van der Waals surface area contributed by atoms with Crippen LogP contribution in [0.5, 0.6) is 0 Å². The highest BCUT2D eigenvalue weighted by atomic mass is 32.1. The highest BCUT2D eigenvalue weighted by Crippen LogP contribution is 2.07. The van der Waals surface area contributed by atoms with Crippen molar-refractivity contribution in [2.45, 2.75) is 19.6 Å². The zero-order valence-electron chi connectivity index (χ0n) is 13.0. The van der Waals surface area contributed by atoms with Crippen LogP contribution in [0.1, 0.15) is 27.2 Å². The molecular weight excluding hydrogens is 312 g/mol. The van der Waals surface area contributed by atoms with E-state index >= 15 is 0 Å². The number of benzene rings is 1. The zero-order chi connectivity index (χ0) is 16.5. The molecule has 0 bridgehead atoms. The predicted octanol–water partition coefficient (Wildman–Crippen LogP) is 2.33. The van der Waals surface area contributed by atoms with Crippen LogP contribution in [0.15, 0.2) is 41.8 Å². The Hall–Kier alpha value is -2.18. The van der Waals surface area contributed by atoms with Crippen LogP contribution in [0.2, 0.25) is 0 Å². The maximum Gasteiger partial charge on any atom is 0.261 e. The molecule has 0 radical (unpaired) electrons. The molecule has 0 aliphatic heterocycles. The molecule has 6 heteroatoms. The SMILES string of the molecule is COCc1ccc(CNC(=O)CCNC(=O)c2cccs2)cc1. The second-order valence-electron chi connectivity index (χ2n) is 5.01. The summed E-state index contributed by atoms with van der Waals surface area (Å²) >= 11 is 1.38. The summed E-state index contributed by atoms with van der Waals surface area (Å²) in [4.78, 5) is 24.1. The molecule has 0 unspecified atom stereocenters. The van der Waals surface area contributed by atoms with E-state index in [4.69, 9.17) is 4.74 Å². The fraction of sp³-hybridized carbons (Fsp3) is 0.294. The van der Waals surface area contributed by atoms with Crippen molar-refractivity contribution in [1.29, 1.82) is 0 Å². The van der Waals surface area contributed by atoms with Crippen LogP contribution in [0.3, 0.4) is 0 Å². The standard InChI is InChI=1S/C17H20N2O3S/c1-22-12-14-6-4-13(5-7-14)11-19-16(20)8-9-18-17(21)15-3-2-10-23-15/h2-7,10H,8-9,11-12H2,1H3,(H,18,21)(H,19,20). The molecule has 2 N–H and O–H groups in total. The summed E-state index contributed by atoms with van der Waals surface area (Å²) in [5, 5.41) is 7.42. The first-order valence-corrected chi connectivity index (χ1v) is 8.22. The van der Waals surface area contributed by atoms with Gasteiger partial charge in [-0.2, -0.15) is 0 Å². The van der Waals surface area contributed by atoms with Crippen molar-refractivity contribution in [1.82, 2.24) is 10.6 Å². The summed E-state index contributed by atoms with van der Waals surface area (Å²) in [6, 6.07) is 11.5. The average molecular weight is 332 g/mol. The minimum absolute atomic E-state index is 0.0857. The number of carbonyl (C=O) groups is 2. The number of rotatable bonds is 8. The first-order chi connectivity index (χ1) is 11.2. The van der Waals surface area contributed by atoms with Crippen LogP contribution in [-0.4, -0.2) is 25.5 Å². The van der Waals surface area contributed by atoms with Gasteiger partial charge in [0.25, 0.3) is 5.91 Å². The summed E-state index contributed by atoms with van der Waals surface area (Å²) < 4.78 is 5.05. The lowest BCUT2D eigenvalue weighted by Gasteiger charge is -2.07. The van der Waals surface area contributed by atoms with Gasteiger partial charge in [-0.05, 0) is 22.6 Å². The van der Waals surface area contributed by atoms with E-state index in [9.17, 15) is 9.59 Å². The lowest BCUT2D eigenvalue weighted by molar-refractivity contribution is -0.121. The molecule has 2 amide bonds. The molecule has 1 aromatic heterocycles. The second-order valence-corrected chi connectivity index (χ2v) is 5.96. The molecule has 0 aliphatic rings. The Labute approximate surface area is 139 Å². The van der Waals surface area contributed by atoms with E-state index in [0.717, 1.165) is 11.1 Å². The van der Waals surface area contributed by atoms with Crippen LogP contribution >= 0.6 is 11.3 Å². The largest absolute Gasteiger partial charge is 0.380 e. The van der Waals surface area contributed by atoms with Crippen molar-refractivity contribution in [3.05, 3.63) is 57.8 Å². The van der Waals surface area contributed by atoms with Crippen LogP contribution in [-0.2, 0) is 22.7 Å². The normalized spacial score (nSPS) is 10.3. The highest BCUT2D eigenvalue weighted by Gasteiger charge is 2.07. The molecule has 0 atom stereocenters. The van der Waals surface area contributed by atoms with Gasteiger partial charge in [-0.25, -0.2) is 0 Å². The first-order valence-electron chi connectivity index (χ1n) is 7.34. The van der Waals surface area contributed by atoms with Crippen LogP contribution in [0.25, 0.3) is 0 Å². The fourth-order valence-corrected chi connectivity index (χ4v) is 2.63. The number of methoxy groups -OCH3 is 1. The van der Waals surface area contributed by atoms with Gasteiger partial charge < -0.3 is 15.4 Å². The molecule has 5 nitrogen and oxygen atoms in total. The number of ether oxygens (including phenoxy) is 1. The molecule has 1 aromatic carbocycles. The van der Waals surface area contributed by atoms with Gasteiger partial charge in [-0.1, -0.05) is 30.3 Å². The van der Waals surface area contributed by atoms with Crippen LogP contribution in [0.4, 0.5) is 0 Å². The summed E-state index contributed by atoms with van der Waals surface area (Å²) in [6.07, 6.45) is 0.263. The number of amides is 2. The van der Waals surface area contributed by atoms with Gasteiger partial charge in [0, 0.05) is 26.6 Å². The Morgan fingerprint density at radius 1 is 1.09 bits per heavy atom. The topological polar surface area (TPSA) is 67.4 Å². The maximum atomic E-state index is 11.8. The minimum atomic E-state index is -0.137. The smallest absolute Gasteiger partial charge is 0.261 e. The van der Waals surface area contributed by atoms with Crippen molar-refractivity contribution in [2.75, 3.05) is 13.7 Å². The zero-order valence-corrected chi connectivity index (χ0v) is 13.8. The van der Waals surface area contributed by atoms with E-state index in [1.165, 1.54) is 11.3 Å². The molecule has 122 valence electrons. The van der Waals surface area contributed by atoms with E-state index in [1.807, 2.05) is 35.7 Å². The number of carbonyl (C=O) groups excluding carboxylic acids is 2. The molecule has 2 aromatic rings. The number of hydrogen-bond donors (Lipinski definition) is 2. The Balaban J connectivity index is 1.65. The molecule has 0 saturated heterocycles. The lowest BCUT2D eigenvalue weighted by atomic mass is 10.1. The molecule has 0 fully saturated rings. The van der Waals surface area contributed by atoms with Gasteiger partial charge in [0.05, 0.1) is 11.5 Å². The number of nitrogens with one attached hydrogen (secondary N) is 2. The van der Waals surface area contributed by atoms with E-state index in [0.29, 0.717) is 24.6 Å². The second kappa shape index (κ2) is 9.07. The monoisotopic (exact) mass is 332 g/mol. The first kappa shape index (κ1) is 17.2. The Bertz CT molecular complexity index is 624. The molecule has 0 aliphatic carbocycles. The molecular formula is C17H20N2O3S. The van der Waals surface area contributed by atoms with E-state index in [2.05, 4.69) is 10.6 Å². The Morgan fingerprint density at radius 2 is 1.83 bits per heavy atom. The number of thiophene rings is 1. The third kappa shape index (κ3) is 5.84. The lowest BCUT2D eigenvalue weighted by Crippen LogP contribution is -2.30. The van der Waals surface area contributed by atoms with Crippen molar-refractivity contribution in [3.63, 3.8) is 0 Å². The van der Waals surface area contributed by atoms with Crippen molar-refractivity contribution >= 4 is 23.2 Å². The summed E-state index contributed by atoms with van der Waals surface area (Å²) in [5.74, 6) is -0.223. The van der Waals surface area contributed by atoms with Crippen molar-refractivity contribution in [2.24, 2.45) is 0 Å². The highest BCUT2D eigenvalue weighted by molar-refractivity contribution is 7.12. The molecule has 0 spiro atoms. The predicted molar refractivity (Wildman–Crippen MR) is 90.3 cm³/mol. The van der Waals surface area contributed by atoms with E-state index < -0.39 is 0 Å². The quantitative estimate of drug-likeness (QED) is 0.780. The minimum Gasteiger partial charge on any atom is -0.380 e. The summed E-state index contributed by atoms with van der Waals surface area (Å²) in [5.41, 5.74) is 2.12. The van der Waals surface area contributed by atoms with Gasteiger partial charge in [-0.15, -0.1) is 11.3 Å². The van der Waals surface area contributed by atoms with Gasteiger partial charge in [0.2, 0.25) is 5.91 Å². The molecule has 1 heterocycles. The van der Waals surface area contributed by atoms with E-state index in [1.54, 1.807) is 13.2 Å². The molecule has 23 heavy (non-hydrogen) atoms. The average Bonchev–Trinajstić information content (AvgIpc) is 3.09. The third-order valence-corrected chi connectivity index (χ3v) is 4.07.